The molecule has 6 nitrogen and oxygen atoms in total. The maximum atomic E-state index is 12.2. The second kappa shape index (κ2) is 12.8. The average Bonchev–Trinajstić information content (AvgIpc) is 2.92. The second-order valence-corrected chi connectivity index (χ2v) is 7.19. The van der Waals surface area contributed by atoms with E-state index in [0.717, 1.165) is 6.42 Å². The van der Waals surface area contributed by atoms with Crippen molar-refractivity contribution >= 4 is 11.8 Å². The van der Waals surface area contributed by atoms with Gasteiger partial charge < -0.3 is 20.1 Å². The van der Waals surface area contributed by atoms with Crippen molar-refractivity contribution in [2.75, 3.05) is 7.11 Å². The molecular weight excluding hydrogens is 348 g/mol. The molecule has 0 bridgehead atoms. The molecule has 1 aliphatic rings. The lowest BCUT2D eigenvalue weighted by atomic mass is 9.90. The summed E-state index contributed by atoms with van der Waals surface area (Å²) in [6.45, 7) is 1.89. The van der Waals surface area contributed by atoms with Crippen LogP contribution in [0.3, 0.4) is 0 Å². The topological polar surface area (TPSA) is 104 Å². The van der Waals surface area contributed by atoms with Gasteiger partial charge in [-0.25, -0.2) is 0 Å². The molecule has 0 aromatic heterocycles. The normalized spacial score (nSPS) is 25.4. The third-order valence-corrected chi connectivity index (χ3v) is 5.09. The molecule has 1 saturated carbocycles. The van der Waals surface area contributed by atoms with Gasteiger partial charge in [0, 0.05) is 24.7 Å². The van der Waals surface area contributed by atoms with Crippen LogP contribution in [0.4, 0.5) is 0 Å². The van der Waals surface area contributed by atoms with Crippen LogP contribution < -0.4 is 0 Å². The van der Waals surface area contributed by atoms with Crippen molar-refractivity contribution in [2.24, 2.45) is 11.8 Å². The lowest BCUT2D eigenvalue weighted by Gasteiger charge is -2.17. The maximum Gasteiger partial charge on any atom is 0.305 e. The Morgan fingerprint density at radius 2 is 2.04 bits per heavy atom. The number of rotatable bonds is 12. The number of allylic oxidation sites excluding steroid dienone is 2. The van der Waals surface area contributed by atoms with Crippen molar-refractivity contribution < 1.29 is 29.6 Å². The molecule has 1 rings (SSSR count). The fourth-order valence-corrected chi connectivity index (χ4v) is 3.27. The molecule has 1 aliphatic carbocycles. The Morgan fingerprint density at radius 1 is 1.30 bits per heavy atom. The molecule has 5 unspecified atom stereocenters. The van der Waals surface area contributed by atoms with E-state index in [2.05, 4.69) is 4.74 Å². The molecule has 0 aliphatic heterocycles. The zero-order chi connectivity index (χ0) is 20.2. The van der Waals surface area contributed by atoms with E-state index in [0.29, 0.717) is 38.5 Å². The van der Waals surface area contributed by atoms with Crippen molar-refractivity contribution in [2.45, 2.75) is 76.6 Å². The Balaban J connectivity index is 2.48. The predicted octanol–water partition coefficient (Wildman–Crippen LogP) is 2.31. The lowest BCUT2D eigenvalue weighted by molar-refractivity contribution is -0.140. The van der Waals surface area contributed by atoms with Gasteiger partial charge in [-0.2, -0.15) is 0 Å². The van der Waals surface area contributed by atoms with Crippen LogP contribution in [-0.2, 0) is 14.3 Å². The quantitative estimate of drug-likeness (QED) is 0.272. The summed E-state index contributed by atoms with van der Waals surface area (Å²) in [4.78, 5) is 23.2. The number of aliphatic hydroxyl groups is 3. The van der Waals surface area contributed by atoms with Gasteiger partial charge in [0.2, 0.25) is 0 Å². The first-order chi connectivity index (χ1) is 12.9. The predicted molar refractivity (Wildman–Crippen MR) is 103 cm³/mol. The van der Waals surface area contributed by atoms with E-state index in [-0.39, 0.29) is 30.0 Å². The molecule has 0 amide bonds. The van der Waals surface area contributed by atoms with Gasteiger partial charge in [-0.05, 0) is 38.5 Å². The van der Waals surface area contributed by atoms with Crippen LogP contribution in [0, 0.1) is 11.8 Å². The molecule has 27 heavy (non-hydrogen) atoms. The molecular formula is C21H34O6. The van der Waals surface area contributed by atoms with E-state index < -0.39 is 18.3 Å². The van der Waals surface area contributed by atoms with E-state index >= 15 is 0 Å². The van der Waals surface area contributed by atoms with Crippen LogP contribution >= 0.6 is 0 Å². The molecule has 0 heterocycles. The third kappa shape index (κ3) is 8.82. The molecule has 0 aromatic rings. The van der Waals surface area contributed by atoms with E-state index in [4.69, 9.17) is 0 Å². The Morgan fingerprint density at radius 3 is 2.70 bits per heavy atom. The zero-order valence-corrected chi connectivity index (χ0v) is 16.4. The summed E-state index contributed by atoms with van der Waals surface area (Å²) in [5.41, 5.74) is 0. The van der Waals surface area contributed by atoms with Gasteiger partial charge in [0.25, 0.3) is 0 Å². The van der Waals surface area contributed by atoms with Crippen molar-refractivity contribution in [1.82, 2.24) is 0 Å². The highest BCUT2D eigenvalue weighted by atomic mass is 16.5. The number of hydrogen-bond donors (Lipinski definition) is 3. The van der Waals surface area contributed by atoms with Crippen molar-refractivity contribution in [3.8, 4) is 0 Å². The van der Waals surface area contributed by atoms with Crippen LogP contribution in [0.25, 0.3) is 0 Å². The Hall–Kier alpha value is -1.50. The Labute approximate surface area is 161 Å². The SMILES string of the molecule is CCC(O)CCC(O)/C=C/C1C(O)CC(=O)C1C/C=C/CCCC(=O)OC. The van der Waals surface area contributed by atoms with Gasteiger partial charge in [-0.3, -0.25) is 9.59 Å². The van der Waals surface area contributed by atoms with Crippen LogP contribution in [0.15, 0.2) is 24.3 Å². The summed E-state index contributed by atoms with van der Waals surface area (Å²) < 4.78 is 4.58. The van der Waals surface area contributed by atoms with Gasteiger partial charge in [-0.1, -0.05) is 31.2 Å². The van der Waals surface area contributed by atoms with Crippen molar-refractivity contribution in [3.63, 3.8) is 0 Å². The average molecular weight is 382 g/mol. The molecule has 0 spiro atoms. The molecule has 5 atom stereocenters. The van der Waals surface area contributed by atoms with Gasteiger partial charge in [0.1, 0.15) is 5.78 Å². The minimum Gasteiger partial charge on any atom is -0.469 e. The van der Waals surface area contributed by atoms with Crippen LogP contribution in [0.1, 0.15) is 58.3 Å². The highest BCUT2D eigenvalue weighted by Crippen LogP contribution is 2.33. The largest absolute Gasteiger partial charge is 0.469 e. The highest BCUT2D eigenvalue weighted by molar-refractivity contribution is 5.84. The number of esters is 1. The molecule has 0 radical (unpaired) electrons. The van der Waals surface area contributed by atoms with E-state index in [1.807, 2.05) is 19.1 Å². The summed E-state index contributed by atoms with van der Waals surface area (Å²) in [5, 5.41) is 29.7. The van der Waals surface area contributed by atoms with Crippen LogP contribution in [-0.4, -0.2) is 52.5 Å². The first-order valence-corrected chi connectivity index (χ1v) is 9.86. The van der Waals surface area contributed by atoms with E-state index in [9.17, 15) is 24.9 Å². The summed E-state index contributed by atoms with van der Waals surface area (Å²) in [6.07, 6.45) is 9.52. The molecule has 154 valence electrons. The number of hydrogen-bond acceptors (Lipinski definition) is 6. The third-order valence-electron chi connectivity index (χ3n) is 5.09. The molecule has 0 aromatic carbocycles. The number of Topliss-reactive ketones (excluding diaryl/α,β-unsaturated/α-hetero) is 1. The fourth-order valence-electron chi connectivity index (χ4n) is 3.27. The number of carbonyl (C=O) groups is 2. The summed E-state index contributed by atoms with van der Waals surface area (Å²) in [7, 11) is 1.37. The number of unbranched alkanes of at least 4 members (excludes halogenated alkanes) is 1. The lowest BCUT2D eigenvalue weighted by Crippen LogP contribution is -2.19. The smallest absolute Gasteiger partial charge is 0.305 e. The standard InChI is InChI=1S/C21H34O6/c1-3-15(22)10-11-16(23)12-13-18-17(19(24)14-20(18)25)8-6-4-5-7-9-21(26)27-2/h4,6,12-13,15-18,20,22-23,25H,3,5,7-11,14H2,1-2H3/b6-4+,13-12+. The molecule has 0 saturated heterocycles. The Bertz CT molecular complexity index is 513. The number of carbonyl (C=O) groups excluding carboxylic acids is 2. The zero-order valence-electron chi connectivity index (χ0n) is 16.4. The maximum absolute atomic E-state index is 12.2. The molecule has 6 heteroatoms. The number of ketones is 1. The van der Waals surface area contributed by atoms with E-state index in [1.165, 1.54) is 7.11 Å². The number of ether oxygens (including phenoxy) is 1. The first-order valence-electron chi connectivity index (χ1n) is 9.86. The van der Waals surface area contributed by atoms with Crippen LogP contribution in [0.2, 0.25) is 0 Å². The first kappa shape index (κ1) is 23.5. The van der Waals surface area contributed by atoms with Crippen molar-refractivity contribution in [3.05, 3.63) is 24.3 Å². The monoisotopic (exact) mass is 382 g/mol. The highest BCUT2D eigenvalue weighted by Gasteiger charge is 2.39. The fraction of sp³-hybridized carbons (Fsp3) is 0.714. The molecule has 3 N–H and O–H groups in total. The van der Waals surface area contributed by atoms with E-state index in [1.54, 1.807) is 12.2 Å². The minimum atomic E-state index is -0.722. The van der Waals surface area contributed by atoms with Crippen molar-refractivity contribution in [1.29, 1.82) is 0 Å². The number of methoxy groups -OCH3 is 1. The number of aliphatic hydroxyl groups excluding tert-OH is 3. The Kier molecular flexibility index (Phi) is 11.2. The second-order valence-electron chi connectivity index (χ2n) is 7.19. The van der Waals surface area contributed by atoms with Crippen LogP contribution in [0.5, 0.6) is 0 Å². The molecule has 1 fully saturated rings. The van der Waals surface area contributed by atoms with Gasteiger partial charge in [0.15, 0.2) is 0 Å². The summed E-state index contributed by atoms with van der Waals surface area (Å²) >= 11 is 0. The minimum absolute atomic E-state index is 0.0345. The summed E-state index contributed by atoms with van der Waals surface area (Å²) in [6, 6.07) is 0. The van der Waals surface area contributed by atoms with Gasteiger partial charge in [-0.15, -0.1) is 0 Å². The van der Waals surface area contributed by atoms with Gasteiger partial charge >= 0.3 is 5.97 Å². The van der Waals surface area contributed by atoms with Gasteiger partial charge in [0.05, 0.1) is 25.4 Å². The summed E-state index contributed by atoms with van der Waals surface area (Å²) in [5.74, 6) is -0.788.